The molecule has 2 aliphatic rings. The van der Waals surface area contributed by atoms with Crippen molar-refractivity contribution in [1.29, 1.82) is 0 Å². The van der Waals surface area contributed by atoms with E-state index < -0.39 is 0 Å². The van der Waals surface area contributed by atoms with Crippen LogP contribution in [-0.2, 0) is 16.6 Å². The van der Waals surface area contributed by atoms with Gasteiger partial charge in [0.2, 0.25) is 5.91 Å². The fourth-order valence-electron chi connectivity index (χ4n) is 4.68. The second-order valence-electron chi connectivity index (χ2n) is 8.95. The van der Waals surface area contributed by atoms with Gasteiger partial charge in [-0.2, -0.15) is 4.98 Å². The molecule has 1 saturated heterocycles. The average Bonchev–Trinajstić information content (AvgIpc) is 3.49. The molecule has 3 heterocycles. The summed E-state index contributed by atoms with van der Waals surface area (Å²) in [5.74, 6) is 2.36. The topological polar surface area (TPSA) is 72.1 Å². The minimum atomic E-state index is -0.0911. The molecule has 31 heavy (non-hydrogen) atoms. The molecule has 0 atom stereocenters. The second kappa shape index (κ2) is 8.61. The van der Waals surface area contributed by atoms with Gasteiger partial charge in [0, 0.05) is 42.9 Å². The molecule has 1 aliphatic heterocycles. The Morgan fingerprint density at radius 1 is 1.06 bits per heavy atom. The summed E-state index contributed by atoms with van der Waals surface area (Å²) in [6.07, 6.45) is 10.3. The zero-order valence-corrected chi connectivity index (χ0v) is 17.7. The summed E-state index contributed by atoms with van der Waals surface area (Å²) in [6.45, 7) is 1.53. The van der Waals surface area contributed by atoms with Gasteiger partial charge in [-0.25, -0.2) is 0 Å². The highest BCUT2D eigenvalue weighted by molar-refractivity contribution is 5.76. The molecule has 0 N–H and O–H groups in total. The van der Waals surface area contributed by atoms with Gasteiger partial charge in [-0.15, -0.1) is 0 Å². The van der Waals surface area contributed by atoms with Crippen molar-refractivity contribution in [2.24, 2.45) is 5.92 Å². The highest BCUT2D eigenvalue weighted by Crippen LogP contribution is 2.46. The third-order valence-electron chi connectivity index (χ3n) is 6.75. The van der Waals surface area contributed by atoms with Crippen LogP contribution in [0.15, 0.2) is 59.4 Å². The minimum absolute atomic E-state index is 0.0911. The lowest BCUT2D eigenvalue weighted by molar-refractivity contribution is -0.132. The van der Waals surface area contributed by atoms with Crippen molar-refractivity contribution in [3.8, 4) is 11.5 Å². The number of pyridine rings is 1. The summed E-state index contributed by atoms with van der Waals surface area (Å²) in [5, 5.41) is 4.41. The first-order valence-electron chi connectivity index (χ1n) is 11.3. The molecule has 1 saturated carbocycles. The lowest BCUT2D eigenvalue weighted by atomic mass is 9.73. The van der Waals surface area contributed by atoms with E-state index in [9.17, 15) is 4.79 Å². The van der Waals surface area contributed by atoms with Crippen LogP contribution < -0.4 is 0 Å². The number of aryl methyl sites for hydroxylation is 1. The predicted molar refractivity (Wildman–Crippen MR) is 117 cm³/mol. The van der Waals surface area contributed by atoms with Crippen molar-refractivity contribution in [2.75, 3.05) is 13.1 Å². The van der Waals surface area contributed by atoms with Crippen LogP contribution >= 0.6 is 0 Å². The molecule has 5 rings (SSSR count). The fraction of sp³-hybridized carbons (Fsp3) is 0.440. The number of rotatable bonds is 7. The quantitative estimate of drug-likeness (QED) is 0.570. The summed E-state index contributed by atoms with van der Waals surface area (Å²) in [7, 11) is 0. The summed E-state index contributed by atoms with van der Waals surface area (Å²) in [5.41, 5.74) is 2.02. The van der Waals surface area contributed by atoms with Gasteiger partial charge in [0.25, 0.3) is 5.89 Å². The Balaban J connectivity index is 1.26. The number of amides is 1. The Morgan fingerprint density at radius 3 is 2.52 bits per heavy atom. The molecule has 1 aliphatic carbocycles. The van der Waals surface area contributed by atoms with E-state index in [4.69, 9.17) is 9.51 Å². The molecular weight excluding hydrogens is 388 g/mol. The van der Waals surface area contributed by atoms with Crippen LogP contribution in [0.25, 0.3) is 11.5 Å². The van der Waals surface area contributed by atoms with Gasteiger partial charge >= 0.3 is 0 Å². The van der Waals surface area contributed by atoms with E-state index >= 15 is 0 Å². The van der Waals surface area contributed by atoms with Crippen LogP contribution in [0.1, 0.15) is 49.9 Å². The largest absolute Gasteiger partial charge is 0.343 e. The Labute approximate surface area is 182 Å². The van der Waals surface area contributed by atoms with Crippen molar-refractivity contribution in [3.63, 3.8) is 0 Å². The van der Waals surface area contributed by atoms with Crippen LogP contribution in [0, 0.1) is 5.92 Å². The molecule has 6 heteroatoms. The Hall–Kier alpha value is -3.02. The molecule has 0 unspecified atom stereocenters. The zero-order chi connectivity index (χ0) is 21.1. The number of hydrogen-bond donors (Lipinski definition) is 0. The smallest absolute Gasteiger partial charge is 0.258 e. The van der Waals surface area contributed by atoms with Crippen molar-refractivity contribution < 1.29 is 9.32 Å². The highest BCUT2D eigenvalue weighted by Gasteiger charge is 2.44. The monoisotopic (exact) mass is 416 g/mol. The maximum Gasteiger partial charge on any atom is 0.258 e. The van der Waals surface area contributed by atoms with Crippen molar-refractivity contribution in [3.05, 3.63) is 66.2 Å². The van der Waals surface area contributed by atoms with E-state index in [0.29, 0.717) is 12.3 Å². The van der Waals surface area contributed by atoms with Gasteiger partial charge in [0.15, 0.2) is 5.82 Å². The molecule has 0 spiro atoms. The highest BCUT2D eigenvalue weighted by atomic mass is 16.5. The van der Waals surface area contributed by atoms with E-state index in [1.54, 1.807) is 12.4 Å². The predicted octanol–water partition coefficient (Wildman–Crippen LogP) is 4.42. The van der Waals surface area contributed by atoms with E-state index in [0.717, 1.165) is 56.1 Å². The van der Waals surface area contributed by atoms with Crippen molar-refractivity contribution in [1.82, 2.24) is 20.0 Å². The second-order valence-corrected chi connectivity index (χ2v) is 8.95. The fourth-order valence-corrected chi connectivity index (χ4v) is 4.68. The van der Waals surface area contributed by atoms with Crippen molar-refractivity contribution >= 4 is 5.91 Å². The number of nitrogens with zero attached hydrogens (tertiary/aromatic N) is 4. The number of benzene rings is 1. The van der Waals surface area contributed by atoms with Gasteiger partial charge in [0.1, 0.15) is 0 Å². The maximum absolute atomic E-state index is 12.8. The van der Waals surface area contributed by atoms with Gasteiger partial charge in [-0.05, 0) is 49.3 Å². The first kappa shape index (κ1) is 19.9. The summed E-state index contributed by atoms with van der Waals surface area (Å²) in [4.78, 5) is 23.7. The molecule has 160 valence electrons. The van der Waals surface area contributed by atoms with Crippen LogP contribution in [0.3, 0.4) is 0 Å². The Bertz CT molecular complexity index is 1010. The molecule has 2 aromatic heterocycles. The molecule has 6 nitrogen and oxygen atoms in total. The summed E-state index contributed by atoms with van der Waals surface area (Å²) in [6, 6.07) is 14.0. The molecule has 3 aromatic rings. The zero-order valence-electron chi connectivity index (χ0n) is 17.7. The van der Waals surface area contributed by atoms with Gasteiger partial charge in [-0.3, -0.25) is 9.78 Å². The molecule has 0 bridgehead atoms. The van der Waals surface area contributed by atoms with E-state index in [2.05, 4.69) is 22.3 Å². The van der Waals surface area contributed by atoms with Crippen molar-refractivity contribution in [2.45, 2.75) is 50.4 Å². The van der Waals surface area contributed by atoms with Crippen LogP contribution in [0.2, 0.25) is 0 Å². The number of hydrogen-bond acceptors (Lipinski definition) is 5. The third kappa shape index (κ3) is 4.53. The lowest BCUT2D eigenvalue weighted by Gasteiger charge is -2.40. The molecule has 1 aromatic carbocycles. The summed E-state index contributed by atoms with van der Waals surface area (Å²) < 4.78 is 5.62. The standard InChI is InChI=1S/C25H28N4O2/c30-22(9-8-19-4-2-1-3-5-19)29-16-12-25(13-17-29,18-20-6-7-20)24-27-23(31-28-24)21-10-14-26-15-11-21/h1-5,10-11,14-15,20H,6-9,12-13,16-18H2. The number of carbonyl (C=O) groups excluding carboxylic acids is 1. The Morgan fingerprint density at radius 2 is 1.81 bits per heavy atom. The summed E-state index contributed by atoms with van der Waals surface area (Å²) >= 11 is 0. The minimum Gasteiger partial charge on any atom is -0.343 e. The van der Waals surface area contributed by atoms with E-state index in [-0.39, 0.29) is 11.3 Å². The number of carbonyl (C=O) groups is 1. The van der Waals surface area contributed by atoms with Gasteiger partial charge in [-0.1, -0.05) is 48.3 Å². The first-order valence-corrected chi connectivity index (χ1v) is 11.3. The van der Waals surface area contributed by atoms with Crippen LogP contribution in [0.5, 0.6) is 0 Å². The molecule has 1 amide bonds. The molecule has 0 radical (unpaired) electrons. The van der Waals surface area contributed by atoms with Gasteiger partial charge in [0.05, 0.1) is 0 Å². The number of piperidine rings is 1. The van der Waals surface area contributed by atoms with E-state index in [1.807, 2.05) is 35.2 Å². The van der Waals surface area contributed by atoms with E-state index in [1.165, 1.54) is 18.4 Å². The Kier molecular flexibility index (Phi) is 5.53. The number of likely N-dealkylation sites (tertiary alicyclic amines) is 1. The molecular formula is C25H28N4O2. The maximum atomic E-state index is 12.8. The third-order valence-corrected chi connectivity index (χ3v) is 6.75. The number of aromatic nitrogens is 3. The molecule has 2 fully saturated rings. The first-order chi connectivity index (χ1) is 15.2. The van der Waals surface area contributed by atoms with Gasteiger partial charge < -0.3 is 9.42 Å². The lowest BCUT2D eigenvalue weighted by Crippen LogP contribution is -2.46. The SMILES string of the molecule is O=C(CCc1ccccc1)N1CCC(CC2CC2)(c2noc(-c3ccncc3)n2)CC1. The average molecular weight is 417 g/mol. The van der Waals surface area contributed by atoms with Crippen LogP contribution in [-0.4, -0.2) is 39.0 Å². The normalized spacial score (nSPS) is 18.1. The van der Waals surface area contributed by atoms with Crippen LogP contribution in [0.4, 0.5) is 0 Å².